The number of aryl methyl sites for hydroxylation is 1. The quantitative estimate of drug-likeness (QED) is 0.568. The molecule has 4 heterocycles. The van der Waals surface area contributed by atoms with Gasteiger partial charge in [0.25, 0.3) is 0 Å². The van der Waals surface area contributed by atoms with Crippen molar-refractivity contribution in [2.45, 2.75) is 25.7 Å². The number of hydrogen-bond acceptors (Lipinski definition) is 5. The van der Waals surface area contributed by atoms with Gasteiger partial charge in [0.15, 0.2) is 5.65 Å². The molecular formula is C21H25ClN6O. The molecule has 0 spiro atoms. The highest BCUT2D eigenvalue weighted by Gasteiger charge is 2.30. The van der Waals surface area contributed by atoms with Crippen molar-refractivity contribution in [3.8, 4) is 0 Å². The van der Waals surface area contributed by atoms with E-state index >= 15 is 0 Å². The van der Waals surface area contributed by atoms with Gasteiger partial charge in [0, 0.05) is 44.5 Å². The van der Waals surface area contributed by atoms with Crippen molar-refractivity contribution in [2.24, 2.45) is 5.92 Å². The minimum absolute atomic E-state index is 0.128. The van der Waals surface area contributed by atoms with E-state index in [2.05, 4.69) is 26.0 Å². The zero-order chi connectivity index (χ0) is 20.2. The van der Waals surface area contributed by atoms with Crippen LogP contribution in [0.5, 0.6) is 0 Å². The summed E-state index contributed by atoms with van der Waals surface area (Å²) in [5, 5.41) is 4.90. The summed E-state index contributed by atoms with van der Waals surface area (Å²) in [4.78, 5) is 25.2. The van der Waals surface area contributed by atoms with E-state index in [1.54, 1.807) is 18.7 Å². The number of nitrogens with zero attached hydrogens (tertiary/aromatic N) is 6. The third kappa shape index (κ3) is 4.50. The van der Waals surface area contributed by atoms with Crippen LogP contribution in [0.1, 0.15) is 25.0 Å². The Bertz CT molecular complexity index is 990. The standard InChI is InChI=1S/C21H25ClN6O/c1-26(19-12-17(22)13-23-14-19)10-11-27-9-8-16(21(27)29)4-2-5-18-6-3-7-20-24-15-25-28(18)20/h3,6-7,12-16H,2,4-5,8-11H2,1H3. The third-order valence-corrected chi connectivity index (χ3v) is 5.82. The molecule has 1 amide bonds. The average molecular weight is 413 g/mol. The van der Waals surface area contributed by atoms with Gasteiger partial charge in [-0.1, -0.05) is 17.7 Å². The molecule has 3 aromatic heterocycles. The van der Waals surface area contributed by atoms with Crippen molar-refractivity contribution in [1.29, 1.82) is 0 Å². The van der Waals surface area contributed by atoms with Gasteiger partial charge < -0.3 is 9.80 Å². The van der Waals surface area contributed by atoms with Crippen molar-refractivity contribution in [2.75, 3.05) is 31.6 Å². The molecule has 4 rings (SSSR count). The van der Waals surface area contributed by atoms with Gasteiger partial charge in [-0.3, -0.25) is 9.78 Å². The number of anilines is 1. The smallest absolute Gasteiger partial charge is 0.225 e. The van der Waals surface area contributed by atoms with E-state index in [1.165, 1.54) is 0 Å². The number of hydrogen-bond donors (Lipinski definition) is 0. The maximum absolute atomic E-state index is 12.8. The van der Waals surface area contributed by atoms with Gasteiger partial charge in [-0.05, 0) is 43.9 Å². The van der Waals surface area contributed by atoms with Crippen molar-refractivity contribution >= 4 is 28.8 Å². The Morgan fingerprint density at radius 1 is 1.31 bits per heavy atom. The Kier molecular flexibility index (Phi) is 5.94. The largest absolute Gasteiger partial charge is 0.372 e. The van der Waals surface area contributed by atoms with Crippen molar-refractivity contribution < 1.29 is 4.79 Å². The van der Waals surface area contributed by atoms with Crippen LogP contribution in [0.2, 0.25) is 5.02 Å². The van der Waals surface area contributed by atoms with Gasteiger partial charge in [0.05, 0.1) is 16.9 Å². The average Bonchev–Trinajstić information content (AvgIpc) is 3.34. The third-order valence-electron chi connectivity index (χ3n) is 5.61. The molecule has 1 saturated heterocycles. The predicted octanol–water partition coefficient (Wildman–Crippen LogP) is 3.09. The molecule has 1 atom stereocenters. The number of carbonyl (C=O) groups excluding carboxylic acids is 1. The molecule has 0 bridgehead atoms. The Morgan fingerprint density at radius 2 is 2.21 bits per heavy atom. The maximum Gasteiger partial charge on any atom is 0.225 e. The van der Waals surface area contributed by atoms with E-state index < -0.39 is 0 Å². The van der Waals surface area contributed by atoms with Crippen LogP contribution in [-0.2, 0) is 11.2 Å². The van der Waals surface area contributed by atoms with E-state index in [-0.39, 0.29) is 11.8 Å². The second-order valence-corrected chi connectivity index (χ2v) is 7.97. The van der Waals surface area contributed by atoms with Crippen LogP contribution < -0.4 is 4.90 Å². The molecule has 3 aromatic rings. The zero-order valence-corrected chi connectivity index (χ0v) is 17.3. The lowest BCUT2D eigenvalue weighted by Crippen LogP contribution is -2.35. The lowest BCUT2D eigenvalue weighted by atomic mass is 10.00. The number of carbonyl (C=O) groups is 1. The van der Waals surface area contributed by atoms with Crippen LogP contribution in [0.4, 0.5) is 5.69 Å². The SMILES string of the molecule is CN(CCN1CCC(CCCc2cccc3ncnn23)C1=O)c1cncc(Cl)c1. The molecule has 1 aliphatic heterocycles. The molecule has 0 N–H and O–H groups in total. The summed E-state index contributed by atoms with van der Waals surface area (Å²) in [6.45, 7) is 2.31. The molecule has 0 aromatic carbocycles. The summed E-state index contributed by atoms with van der Waals surface area (Å²) < 4.78 is 1.88. The Hall–Kier alpha value is -2.67. The van der Waals surface area contributed by atoms with Gasteiger partial charge in [-0.2, -0.15) is 5.10 Å². The van der Waals surface area contributed by atoms with Gasteiger partial charge >= 0.3 is 0 Å². The normalized spacial score (nSPS) is 16.7. The summed E-state index contributed by atoms with van der Waals surface area (Å²) >= 11 is 6.01. The molecular weight excluding hydrogens is 388 g/mol. The summed E-state index contributed by atoms with van der Waals surface area (Å²) in [7, 11) is 2.00. The van der Waals surface area contributed by atoms with Crippen LogP contribution in [0.25, 0.3) is 5.65 Å². The number of pyridine rings is 2. The minimum Gasteiger partial charge on any atom is -0.372 e. The fourth-order valence-electron chi connectivity index (χ4n) is 3.92. The first-order chi connectivity index (χ1) is 14.1. The fourth-order valence-corrected chi connectivity index (χ4v) is 4.09. The molecule has 1 fully saturated rings. The molecule has 29 heavy (non-hydrogen) atoms. The van der Waals surface area contributed by atoms with Crippen LogP contribution in [0, 0.1) is 5.92 Å². The lowest BCUT2D eigenvalue weighted by Gasteiger charge is -2.23. The minimum atomic E-state index is 0.128. The summed E-state index contributed by atoms with van der Waals surface area (Å²) in [5.41, 5.74) is 2.96. The van der Waals surface area contributed by atoms with E-state index in [0.717, 1.165) is 62.3 Å². The van der Waals surface area contributed by atoms with Gasteiger partial charge in [0.2, 0.25) is 5.91 Å². The predicted molar refractivity (Wildman–Crippen MR) is 113 cm³/mol. The number of fused-ring (bicyclic) bond motifs is 1. The van der Waals surface area contributed by atoms with Crippen LogP contribution in [0.15, 0.2) is 43.0 Å². The highest BCUT2D eigenvalue weighted by molar-refractivity contribution is 6.30. The summed E-state index contributed by atoms with van der Waals surface area (Å²) in [6, 6.07) is 7.92. The Balaban J connectivity index is 1.25. The molecule has 0 saturated carbocycles. The molecule has 7 nitrogen and oxygen atoms in total. The monoisotopic (exact) mass is 412 g/mol. The van der Waals surface area contributed by atoms with Crippen LogP contribution >= 0.6 is 11.6 Å². The highest BCUT2D eigenvalue weighted by atomic mass is 35.5. The summed E-state index contributed by atoms with van der Waals surface area (Å²) in [5.74, 6) is 0.407. The highest BCUT2D eigenvalue weighted by Crippen LogP contribution is 2.24. The van der Waals surface area contributed by atoms with E-state index in [4.69, 9.17) is 11.6 Å². The fraction of sp³-hybridized carbons (Fsp3) is 0.429. The Labute approximate surface area is 175 Å². The second kappa shape index (κ2) is 8.78. The van der Waals surface area contributed by atoms with E-state index in [0.29, 0.717) is 5.02 Å². The number of likely N-dealkylation sites (N-methyl/N-ethyl adjacent to an activating group) is 1. The van der Waals surface area contributed by atoms with Crippen molar-refractivity contribution in [3.05, 3.63) is 53.7 Å². The van der Waals surface area contributed by atoms with Crippen LogP contribution in [-0.4, -0.2) is 57.1 Å². The zero-order valence-electron chi connectivity index (χ0n) is 16.5. The topological polar surface area (TPSA) is 66.6 Å². The van der Waals surface area contributed by atoms with Gasteiger partial charge in [-0.15, -0.1) is 0 Å². The molecule has 152 valence electrons. The number of aromatic nitrogens is 4. The molecule has 1 unspecified atom stereocenters. The Morgan fingerprint density at radius 3 is 3.07 bits per heavy atom. The first-order valence-corrected chi connectivity index (χ1v) is 10.4. The van der Waals surface area contributed by atoms with Crippen molar-refractivity contribution in [3.63, 3.8) is 0 Å². The molecule has 1 aliphatic rings. The first kappa shape index (κ1) is 19.6. The number of rotatable bonds is 8. The molecule has 0 radical (unpaired) electrons. The van der Waals surface area contributed by atoms with Gasteiger partial charge in [-0.25, -0.2) is 9.50 Å². The molecule has 0 aliphatic carbocycles. The number of likely N-dealkylation sites (tertiary alicyclic amines) is 1. The summed E-state index contributed by atoms with van der Waals surface area (Å²) in [6.07, 6.45) is 8.70. The second-order valence-electron chi connectivity index (χ2n) is 7.53. The molecule has 8 heteroatoms. The van der Waals surface area contributed by atoms with Gasteiger partial charge in [0.1, 0.15) is 6.33 Å². The number of halogens is 1. The van der Waals surface area contributed by atoms with E-state index in [9.17, 15) is 4.79 Å². The maximum atomic E-state index is 12.8. The lowest BCUT2D eigenvalue weighted by molar-refractivity contribution is -0.131. The van der Waals surface area contributed by atoms with Crippen LogP contribution in [0.3, 0.4) is 0 Å². The van der Waals surface area contributed by atoms with E-state index in [1.807, 2.05) is 34.7 Å². The number of amides is 1. The first-order valence-electron chi connectivity index (χ1n) is 10.00. The van der Waals surface area contributed by atoms with Crippen molar-refractivity contribution in [1.82, 2.24) is 24.5 Å².